The molecule has 2 aromatic carbocycles. The Labute approximate surface area is 172 Å². The zero-order chi connectivity index (χ0) is 20.3. The quantitative estimate of drug-likeness (QED) is 0.630. The van der Waals surface area contributed by atoms with Crippen LogP contribution in [0.15, 0.2) is 41.2 Å². The van der Waals surface area contributed by atoms with E-state index in [1.807, 2.05) is 32.0 Å². The third-order valence-corrected chi connectivity index (χ3v) is 5.13. The van der Waals surface area contributed by atoms with Crippen LogP contribution in [0.25, 0.3) is 10.9 Å². The highest BCUT2D eigenvalue weighted by Crippen LogP contribution is 2.27. The van der Waals surface area contributed by atoms with Gasteiger partial charge in [-0.15, -0.1) is 0 Å². The summed E-state index contributed by atoms with van der Waals surface area (Å²) in [6, 6.07) is 10.7. The molecule has 28 heavy (non-hydrogen) atoms. The molecule has 3 rings (SSSR count). The van der Waals surface area contributed by atoms with Crippen molar-refractivity contribution in [2.75, 3.05) is 13.2 Å². The van der Waals surface area contributed by atoms with Crippen LogP contribution in [-0.2, 0) is 11.2 Å². The number of aromatic amines is 1. The molecule has 0 radical (unpaired) electrons. The number of nitrogens with one attached hydrogen (secondary N) is 2. The van der Waals surface area contributed by atoms with E-state index in [2.05, 4.69) is 10.3 Å². The van der Waals surface area contributed by atoms with Crippen molar-refractivity contribution in [3.8, 4) is 5.75 Å². The van der Waals surface area contributed by atoms with Crippen molar-refractivity contribution >= 4 is 40.0 Å². The number of halogens is 2. The molecule has 0 aliphatic carbocycles. The topological polar surface area (TPSA) is 71.2 Å². The van der Waals surface area contributed by atoms with Crippen LogP contribution in [0.2, 0.25) is 10.0 Å². The minimum absolute atomic E-state index is 0.139. The molecule has 0 unspecified atom stereocenters. The number of aromatic nitrogens is 1. The van der Waals surface area contributed by atoms with E-state index in [0.717, 1.165) is 22.0 Å². The first-order valence-electron chi connectivity index (χ1n) is 8.82. The predicted molar refractivity (Wildman–Crippen MR) is 113 cm³/mol. The number of H-pyrrole nitrogens is 1. The summed E-state index contributed by atoms with van der Waals surface area (Å²) in [5.74, 6) is 0.0903. The Balaban J connectivity index is 1.57. The van der Waals surface area contributed by atoms with Crippen molar-refractivity contribution in [1.82, 2.24) is 10.3 Å². The molecule has 1 aromatic heterocycles. The number of hydrogen-bond acceptors (Lipinski definition) is 3. The number of hydrogen-bond donors (Lipinski definition) is 2. The summed E-state index contributed by atoms with van der Waals surface area (Å²) < 4.78 is 5.39. The first-order valence-corrected chi connectivity index (χ1v) is 9.57. The second-order valence-electron chi connectivity index (χ2n) is 6.56. The molecule has 0 bridgehead atoms. The van der Waals surface area contributed by atoms with Gasteiger partial charge in [-0.25, -0.2) is 0 Å². The van der Waals surface area contributed by atoms with Crippen LogP contribution >= 0.6 is 23.2 Å². The lowest BCUT2D eigenvalue weighted by Crippen LogP contribution is -2.31. The van der Waals surface area contributed by atoms with Crippen LogP contribution in [0.3, 0.4) is 0 Å². The highest BCUT2D eigenvalue weighted by molar-refractivity contribution is 6.35. The van der Waals surface area contributed by atoms with Gasteiger partial charge in [0.1, 0.15) is 5.75 Å². The maximum atomic E-state index is 12.3. The van der Waals surface area contributed by atoms with E-state index in [1.165, 1.54) is 0 Å². The third-order valence-electron chi connectivity index (χ3n) is 4.60. The lowest BCUT2D eigenvalue weighted by atomic mass is 10.0. The Morgan fingerprint density at radius 1 is 1.14 bits per heavy atom. The monoisotopic (exact) mass is 418 g/mol. The van der Waals surface area contributed by atoms with Crippen molar-refractivity contribution in [1.29, 1.82) is 0 Å². The summed E-state index contributed by atoms with van der Waals surface area (Å²) in [6.07, 6.45) is 0.422. The van der Waals surface area contributed by atoms with Crippen molar-refractivity contribution in [2.24, 2.45) is 0 Å². The molecule has 1 amide bonds. The third kappa shape index (κ3) is 4.66. The van der Waals surface area contributed by atoms with Crippen LogP contribution < -0.4 is 15.6 Å². The van der Waals surface area contributed by atoms with Gasteiger partial charge in [0.15, 0.2) is 6.61 Å². The second kappa shape index (κ2) is 8.67. The summed E-state index contributed by atoms with van der Waals surface area (Å²) in [5.41, 5.74) is 3.53. The Morgan fingerprint density at radius 2 is 1.93 bits per heavy atom. The summed E-state index contributed by atoms with van der Waals surface area (Å²) >= 11 is 11.8. The van der Waals surface area contributed by atoms with Gasteiger partial charge >= 0.3 is 0 Å². The minimum atomic E-state index is -0.297. The van der Waals surface area contributed by atoms with Gasteiger partial charge in [0.2, 0.25) is 0 Å². The van der Waals surface area contributed by atoms with Crippen molar-refractivity contribution < 1.29 is 9.53 Å². The molecule has 0 spiro atoms. The van der Waals surface area contributed by atoms with Gasteiger partial charge in [-0.3, -0.25) is 9.59 Å². The number of carbonyl (C=O) groups excluding carboxylic acids is 1. The summed E-state index contributed by atoms with van der Waals surface area (Å²) in [7, 11) is 0. The van der Waals surface area contributed by atoms with Crippen LogP contribution in [-0.4, -0.2) is 24.0 Å². The van der Waals surface area contributed by atoms with Gasteiger partial charge in [-0.1, -0.05) is 35.3 Å². The predicted octanol–water partition coefficient (Wildman–Crippen LogP) is 4.19. The lowest BCUT2D eigenvalue weighted by molar-refractivity contribution is -0.123. The molecule has 146 valence electrons. The second-order valence-corrected chi connectivity index (χ2v) is 7.40. The lowest BCUT2D eigenvalue weighted by Gasteiger charge is -2.10. The van der Waals surface area contributed by atoms with E-state index in [1.54, 1.807) is 18.2 Å². The molecule has 3 aromatic rings. The smallest absolute Gasteiger partial charge is 0.257 e. The Bertz CT molecular complexity index is 1090. The number of aryl methyl sites for hydroxylation is 2. The Hall–Kier alpha value is -2.50. The van der Waals surface area contributed by atoms with Gasteiger partial charge in [0.05, 0.1) is 10.5 Å². The highest BCUT2D eigenvalue weighted by Gasteiger charge is 2.09. The molecule has 0 fully saturated rings. The average Bonchev–Trinajstić information content (AvgIpc) is 2.65. The van der Waals surface area contributed by atoms with Crippen LogP contribution in [0.1, 0.15) is 16.7 Å². The molecule has 0 saturated heterocycles. The molecule has 7 heteroatoms. The van der Waals surface area contributed by atoms with E-state index in [4.69, 9.17) is 27.9 Å². The van der Waals surface area contributed by atoms with Gasteiger partial charge in [-0.2, -0.15) is 0 Å². The highest BCUT2D eigenvalue weighted by atomic mass is 35.5. The summed E-state index contributed by atoms with van der Waals surface area (Å²) in [4.78, 5) is 27.2. The number of benzene rings is 2. The normalized spacial score (nSPS) is 10.9. The maximum Gasteiger partial charge on any atom is 0.257 e. The van der Waals surface area contributed by atoms with Crippen LogP contribution in [0, 0.1) is 13.8 Å². The molecule has 1 heterocycles. The molecular formula is C21H20Cl2N2O3. The zero-order valence-corrected chi connectivity index (χ0v) is 17.1. The van der Waals surface area contributed by atoms with E-state index < -0.39 is 0 Å². The largest absolute Gasteiger partial charge is 0.482 e. The Morgan fingerprint density at radius 3 is 2.68 bits per heavy atom. The SMILES string of the molecule is Cc1ccc2cc(CCNC(=O)COc3ccc(Cl)cc3Cl)c(=O)[nH]c2c1C. The van der Waals surface area contributed by atoms with E-state index in [-0.39, 0.29) is 18.1 Å². The zero-order valence-electron chi connectivity index (χ0n) is 15.6. The fourth-order valence-electron chi connectivity index (χ4n) is 2.88. The van der Waals surface area contributed by atoms with Crippen LogP contribution in [0.5, 0.6) is 5.75 Å². The first kappa shape index (κ1) is 20.2. The first-order chi connectivity index (χ1) is 13.3. The number of carbonyl (C=O) groups is 1. The molecule has 2 N–H and O–H groups in total. The van der Waals surface area contributed by atoms with Gasteiger partial charge in [0.25, 0.3) is 11.5 Å². The summed E-state index contributed by atoms with van der Waals surface area (Å²) in [6.45, 7) is 4.15. The van der Waals surface area contributed by atoms with Gasteiger partial charge < -0.3 is 15.0 Å². The fourth-order valence-corrected chi connectivity index (χ4v) is 3.34. The van der Waals surface area contributed by atoms with E-state index in [0.29, 0.717) is 34.3 Å². The molecular weight excluding hydrogens is 399 g/mol. The van der Waals surface area contributed by atoms with Crippen molar-refractivity contribution in [3.05, 3.63) is 73.5 Å². The van der Waals surface area contributed by atoms with Crippen molar-refractivity contribution in [2.45, 2.75) is 20.3 Å². The number of ether oxygens (including phenoxy) is 1. The number of rotatable bonds is 6. The van der Waals surface area contributed by atoms with Gasteiger partial charge in [-0.05, 0) is 61.0 Å². The Kier molecular flexibility index (Phi) is 6.27. The fraction of sp³-hybridized carbons (Fsp3) is 0.238. The number of pyridine rings is 1. The molecule has 0 aliphatic rings. The van der Waals surface area contributed by atoms with E-state index in [9.17, 15) is 9.59 Å². The summed E-state index contributed by atoms with van der Waals surface area (Å²) in [5, 5.41) is 4.55. The number of amides is 1. The van der Waals surface area contributed by atoms with Gasteiger partial charge in [0, 0.05) is 17.1 Å². The molecule has 5 nitrogen and oxygen atoms in total. The average molecular weight is 419 g/mol. The van der Waals surface area contributed by atoms with E-state index >= 15 is 0 Å². The van der Waals surface area contributed by atoms with Crippen molar-refractivity contribution in [3.63, 3.8) is 0 Å². The number of fused-ring (bicyclic) bond motifs is 1. The molecule has 0 aliphatic heterocycles. The molecule has 0 saturated carbocycles. The molecule has 0 atom stereocenters. The minimum Gasteiger partial charge on any atom is -0.482 e. The standard InChI is InChI=1S/C21H20Cl2N2O3/c1-12-3-4-14-9-15(21(27)25-20(14)13(12)2)7-8-24-19(26)11-28-18-6-5-16(22)10-17(18)23/h3-6,9-10H,7-8,11H2,1-2H3,(H,24,26)(H,25,27). The maximum absolute atomic E-state index is 12.3. The van der Waals surface area contributed by atoms with Crippen LogP contribution in [0.4, 0.5) is 0 Å².